The van der Waals surface area contributed by atoms with E-state index in [1.807, 2.05) is 19.9 Å². The summed E-state index contributed by atoms with van der Waals surface area (Å²) in [6, 6.07) is -0.840. The number of carbonyl (C=O) groups excluding carboxylic acids is 3. The van der Waals surface area contributed by atoms with Gasteiger partial charge < -0.3 is 24.4 Å². The smallest absolute Gasteiger partial charge is 0.312 e. The molecule has 1 N–H and O–H groups in total. The van der Waals surface area contributed by atoms with E-state index in [-0.39, 0.29) is 37.5 Å². The van der Waals surface area contributed by atoms with Crippen LogP contribution >= 0.6 is 0 Å². The molecule has 3 aliphatic heterocycles. The van der Waals surface area contributed by atoms with Crippen LogP contribution in [0.4, 0.5) is 0 Å². The van der Waals surface area contributed by atoms with Gasteiger partial charge in [-0.15, -0.1) is 13.2 Å². The van der Waals surface area contributed by atoms with E-state index in [2.05, 4.69) is 20.1 Å². The number of esters is 1. The van der Waals surface area contributed by atoms with Crippen LogP contribution < -0.4 is 0 Å². The lowest BCUT2D eigenvalue weighted by Crippen LogP contribution is -2.56. The summed E-state index contributed by atoms with van der Waals surface area (Å²) < 4.78 is 12.4. The second-order valence-electron chi connectivity index (χ2n) is 10.7. The van der Waals surface area contributed by atoms with Crippen molar-refractivity contribution in [1.82, 2.24) is 9.80 Å². The molecule has 8 nitrogen and oxygen atoms in total. The second-order valence-corrected chi connectivity index (χ2v) is 10.7. The summed E-state index contributed by atoms with van der Waals surface area (Å²) in [5.41, 5.74) is -1.97. The van der Waals surface area contributed by atoms with Gasteiger partial charge >= 0.3 is 5.97 Å². The molecule has 1 spiro atoms. The van der Waals surface area contributed by atoms with E-state index in [4.69, 9.17) is 9.47 Å². The van der Waals surface area contributed by atoms with Gasteiger partial charge in [0.05, 0.1) is 18.1 Å². The van der Waals surface area contributed by atoms with E-state index in [1.54, 1.807) is 15.9 Å². The third-order valence-corrected chi connectivity index (χ3v) is 8.35. The molecule has 0 saturated carbocycles. The number of allylic oxidation sites excluding steroid dienone is 1. The quantitative estimate of drug-likeness (QED) is 0.209. The van der Waals surface area contributed by atoms with Crippen LogP contribution in [0.1, 0.15) is 65.7 Å². The summed E-state index contributed by atoms with van der Waals surface area (Å²) in [7, 11) is 0. The zero-order valence-electron chi connectivity index (χ0n) is 22.2. The molecule has 3 fully saturated rings. The first-order chi connectivity index (χ1) is 17.2. The van der Waals surface area contributed by atoms with Crippen LogP contribution in [0.5, 0.6) is 0 Å². The van der Waals surface area contributed by atoms with Crippen molar-refractivity contribution in [3.05, 3.63) is 25.3 Å². The highest BCUT2D eigenvalue weighted by molar-refractivity contribution is 5.98. The third kappa shape index (κ3) is 4.86. The van der Waals surface area contributed by atoms with Gasteiger partial charge in [0.25, 0.3) is 0 Å². The number of amides is 2. The highest BCUT2D eigenvalue weighted by Crippen LogP contribution is 2.65. The fourth-order valence-electron chi connectivity index (χ4n) is 6.48. The molecule has 3 rings (SSSR count). The number of aliphatic hydroxyl groups excluding tert-OH is 1. The van der Waals surface area contributed by atoms with Gasteiger partial charge in [-0.2, -0.15) is 0 Å². The van der Waals surface area contributed by atoms with E-state index >= 15 is 0 Å². The van der Waals surface area contributed by atoms with Crippen molar-refractivity contribution in [2.75, 3.05) is 32.8 Å². The average molecular weight is 505 g/mol. The Labute approximate surface area is 215 Å². The van der Waals surface area contributed by atoms with Gasteiger partial charge in [-0.05, 0) is 51.4 Å². The summed E-state index contributed by atoms with van der Waals surface area (Å²) in [5.74, 6) is -2.43. The molecule has 3 heterocycles. The number of rotatable bonds is 15. The first kappa shape index (κ1) is 28.4. The first-order valence-corrected chi connectivity index (χ1v) is 13.5. The molecule has 2 bridgehead atoms. The maximum atomic E-state index is 14.1. The number of hydrogen-bond acceptors (Lipinski definition) is 6. The standard InChI is InChI=1S/C28H44N2O6/c1-6-9-11-12-18-35-26(34)22-21-24(32)30(16-13-17-31)23(25(33)29(14-8-3)15-10-7-2)28(21)19-20(4)27(22,5)36-28/h6,8,20-23,31H,1,3,7,9-19H2,2,4-5H3/t20?,21-,22+,23?,27-,28?/m0/s1. The van der Waals surface area contributed by atoms with Crippen LogP contribution in [-0.2, 0) is 23.9 Å². The van der Waals surface area contributed by atoms with Crippen LogP contribution in [0, 0.1) is 17.8 Å². The first-order valence-electron chi connectivity index (χ1n) is 13.5. The number of fused-ring (bicyclic) bond motifs is 1. The second kappa shape index (κ2) is 11.9. The number of hydrogen-bond donors (Lipinski definition) is 1. The molecule has 0 radical (unpaired) electrons. The van der Waals surface area contributed by atoms with Crippen LogP contribution in [0.15, 0.2) is 25.3 Å². The zero-order valence-corrected chi connectivity index (χ0v) is 22.2. The Bertz CT molecular complexity index is 846. The van der Waals surface area contributed by atoms with Gasteiger partial charge in [-0.1, -0.05) is 32.4 Å². The highest BCUT2D eigenvalue weighted by Gasteiger charge is 2.80. The molecule has 3 saturated heterocycles. The normalized spacial score (nSPS) is 32.4. The Hall–Kier alpha value is -2.19. The summed E-state index contributed by atoms with van der Waals surface area (Å²) in [5, 5.41) is 9.50. The average Bonchev–Trinajstić information content (AvgIpc) is 3.36. The van der Waals surface area contributed by atoms with Crippen LogP contribution in [0.2, 0.25) is 0 Å². The fraction of sp³-hybridized carbons (Fsp3) is 0.750. The van der Waals surface area contributed by atoms with Crippen molar-refractivity contribution in [3.63, 3.8) is 0 Å². The molecule has 0 aromatic rings. The fourth-order valence-corrected chi connectivity index (χ4v) is 6.48. The Morgan fingerprint density at radius 3 is 2.64 bits per heavy atom. The van der Waals surface area contributed by atoms with Crippen molar-refractivity contribution < 1.29 is 29.0 Å². The largest absolute Gasteiger partial charge is 0.465 e. The van der Waals surface area contributed by atoms with Gasteiger partial charge in [0.2, 0.25) is 11.8 Å². The van der Waals surface area contributed by atoms with Crippen LogP contribution in [0.3, 0.4) is 0 Å². The molecule has 8 heteroatoms. The molecule has 0 aliphatic carbocycles. The van der Waals surface area contributed by atoms with Gasteiger partial charge in [-0.25, -0.2) is 0 Å². The predicted octanol–water partition coefficient (Wildman–Crippen LogP) is 3.09. The number of ether oxygens (including phenoxy) is 2. The van der Waals surface area contributed by atoms with E-state index in [0.29, 0.717) is 25.9 Å². The van der Waals surface area contributed by atoms with Gasteiger partial charge in [0.1, 0.15) is 17.6 Å². The van der Waals surface area contributed by atoms with E-state index in [0.717, 1.165) is 32.1 Å². The van der Waals surface area contributed by atoms with Crippen molar-refractivity contribution in [2.45, 2.75) is 83.0 Å². The van der Waals surface area contributed by atoms with Crippen molar-refractivity contribution in [2.24, 2.45) is 17.8 Å². The molecule has 3 aliphatic rings. The lowest BCUT2D eigenvalue weighted by molar-refractivity contribution is -0.162. The molecular formula is C28H44N2O6. The molecule has 0 aromatic heterocycles. The Kier molecular flexibility index (Phi) is 9.39. The van der Waals surface area contributed by atoms with E-state index < -0.39 is 35.0 Å². The number of likely N-dealkylation sites (tertiary alicyclic amines) is 1. The molecule has 36 heavy (non-hydrogen) atoms. The van der Waals surface area contributed by atoms with Crippen LogP contribution in [0.25, 0.3) is 0 Å². The maximum Gasteiger partial charge on any atom is 0.312 e. The maximum absolute atomic E-state index is 14.1. The molecule has 2 amide bonds. The predicted molar refractivity (Wildman–Crippen MR) is 137 cm³/mol. The minimum Gasteiger partial charge on any atom is -0.465 e. The van der Waals surface area contributed by atoms with E-state index in [1.165, 1.54) is 0 Å². The molecular weight excluding hydrogens is 460 g/mol. The number of unbranched alkanes of at least 4 members (excludes halogenated alkanes) is 3. The summed E-state index contributed by atoms with van der Waals surface area (Å²) >= 11 is 0. The minimum atomic E-state index is -1.09. The summed E-state index contributed by atoms with van der Waals surface area (Å²) in [6.45, 7) is 14.9. The van der Waals surface area contributed by atoms with Crippen LogP contribution in [-0.4, -0.2) is 82.8 Å². The van der Waals surface area contributed by atoms with Crippen molar-refractivity contribution in [3.8, 4) is 0 Å². The molecule has 3 unspecified atom stereocenters. The highest BCUT2D eigenvalue weighted by atomic mass is 16.6. The number of aliphatic hydroxyl groups is 1. The van der Waals surface area contributed by atoms with Gasteiger partial charge in [0, 0.05) is 26.2 Å². The van der Waals surface area contributed by atoms with Gasteiger partial charge in [0.15, 0.2) is 0 Å². The lowest BCUT2D eigenvalue weighted by atomic mass is 9.62. The zero-order chi connectivity index (χ0) is 26.5. The third-order valence-electron chi connectivity index (χ3n) is 8.35. The molecule has 0 aromatic carbocycles. The number of carbonyl (C=O) groups is 3. The monoisotopic (exact) mass is 504 g/mol. The Morgan fingerprint density at radius 2 is 2.00 bits per heavy atom. The van der Waals surface area contributed by atoms with Crippen molar-refractivity contribution in [1.29, 1.82) is 0 Å². The topological polar surface area (TPSA) is 96.4 Å². The van der Waals surface area contributed by atoms with E-state index in [9.17, 15) is 19.5 Å². The summed E-state index contributed by atoms with van der Waals surface area (Å²) in [4.78, 5) is 44.7. The Balaban J connectivity index is 1.96. The number of nitrogens with zero attached hydrogens (tertiary/aromatic N) is 2. The lowest BCUT2D eigenvalue weighted by Gasteiger charge is -2.37. The SMILES string of the molecule is C=CCCCCOC(=O)[C@H]1[C@H]2C(=O)N(CCCO)C(C(=O)N(CC=C)CCCC)C23CC(C)[C@]1(C)O3. The molecule has 6 atom stereocenters. The minimum absolute atomic E-state index is 0.0311. The van der Waals surface area contributed by atoms with Crippen molar-refractivity contribution >= 4 is 17.8 Å². The molecule has 202 valence electrons. The summed E-state index contributed by atoms with van der Waals surface area (Å²) in [6.07, 6.45) is 8.61. The Morgan fingerprint density at radius 1 is 1.25 bits per heavy atom. The van der Waals surface area contributed by atoms with Gasteiger partial charge in [-0.3, -0.25) is 14.4 Å².